The first-order chi connectivity index (χ1) is 31.5. The maximum Gasteiger partial charge on any atom is 0.0521 e. The molecule has 0 saturated heterocycles. The highest BCUT2D eigenvalue weighted by molar-refractivity contribution is 5.36. The molecular formula is C67H114O2. The Hall–Kier alpha value is -0.600. The third-order valence-corrected chi connectivity index (χ3v) is 29.5. The number of hydrogen-bond acceptors (Lipinski definition) is 2. The number of aliphatic hydroxyl groups is 1. The fraction of sp³-hybridized carbons (Fsp3) is 0.940. The van der Waals surface area contributed by atoms with Crippen molar-refractivity contribution in [1.29, 1.82) is 0 Å². The van der Waals surface area contributed by atoms with Gasteiger partial charge in [0, 0.05) is 13.7 Å². The first kappa shape index (κ1) is 53.2. The summed E-state index contributed by atoms with van der Waals surface area (Å²) >= 11 is 0. The number of ether oxygens (including phenoxy) is 1. The second-order valence-corrected chi connectivity index (χ2v) is 33.9. The van der Waals surface area contributed by atoms with Crippen molar-refractivity contribution < 1.29 is 9.84 Å². The molecule has 8 fully saturated rings. The van der Waals surface area contributed by atoms with Gasteiger partial charge in [-0.1, -0.05) is 162 Å². The van der Waals surface area contributed by atoms with Gasteiger partial charge in [-0.3, -0.25) is 0 Å². The summed E-state index contributed by atoms with van der Waals surface area (Å²) in [6, 6.07) is 0. The van der Waals surface area contributed by atoms with Gasteiger partial charge in [0.1, 0.15) is 0 Å². The second-order valence-electron chi connectivity index (χ2n) is 33.9. The highest BCUT2D eigenvalue weighted by atomic mass is 16.5. The molecule has 0 aromatic carbocycles. The van der Waals surface area contributed by atoms with Crippen LogP contribution in [0.3, 0.4) is 0 Å². The number of aliphatic hydroxyl groups excluding tert-OH is 1. The normalized spacial score (nSPS) is 55.2. The molecule has 0 bridgehead atoms. The zero-order chi connectivity index (χ0) is 51.0. The predicted octanol–water partition coefficient (Wildman–Crippen LogP) is 18.8. The Labute approximate surface area is 428 Å². The third kappa shape index (κ3) is 6.90. The molecule has 0 amide bonds. The summed E-state index contributed by atoms with van der Waals surface area (Å²) in [6.07, 6.45) is 30.2. The Bertz CT molecular complexity index is 2070. The molecule has 0 spiro atoms. The van der Waals surface area contributed by atoms with Gasteiger partial charge in [0.05, 0.1) is 6.61 Å². The summed E-state index contributed by atoms with van der Waals surface area (Å²) < 4.78 is 5.91. The summed E-state index contributed by atoms with van der Waals surface area (Å²) in [4.78, 5) is 0. The van der Waals surface area contributed by atoms with Gasteiger partial charge >= 0.3 is 0 Å². The van der Waals surface area contributed by atoms with Gasteiger partial charge in [-0.2, -0.15) is 0 Å². The summed E-state index contributed by atoms with van der Waals surface area (Å²) in [6.45, 7) is 53.4. The smallest absolute Gasteiger partial charge is 0.0521 e. The molecule has 1 N–H and O–H groups in total. The topological polar surface area (TPSA) is 29.5 Å². The summed E-state index contributed by atoms with van der Waals surface area (Å²) in [5.41, 5.74) is 8.99. The molecule has 10 aliphatic carbocycles. The van der Waals surface area contributed by atoms with Crippen LogP contribution in [0.1, 0.15) is 254 Å². The van der Waals surface area contributed by atoms with Crippen LogP contribution < -0.4 is 0 Å². The van der Waals surface area contributed by atoms with Gasteiger partial charge in [0.2, 0.25) is 0 Å². The van der Waals surface area contributed by atoms with E-state index in [1.807, 2.05) is 18.3 Å². The Morgan fingerprint density at radius 1 is 0.464 bits per heavy atom. The van der Waals surface area contributed by atoms with Crippen LogP contribution in [0.4, 0.5) is 0 Å². The molecule has 18 atom stereocenters. The van der Waals surface area contributed by atoms with Crippen LogP contribution in [0.2, 0.25) is 0 Å². The van der Waals surface area contributed by atoms with Gasteiger partial charge in [0.25, 0.3) is 0 Å². The number of allylic oxidation sites excluding steroid dienone is 4. The molecular weight excluding hydrogens is 837 g/mol. The molecule has 2 heteroatoms. The van der Waals surface area contributed by atoms with E-state index in [0.717, 1.165) is 42.1 Å². The van der Waals surface area contributed by atoms with Crippen molar-refractivity contribution in [2.75, 3.05) is 20.3 Å². The van der Waals surface area contributed by atoms with E-state index in [1.54, 1.807) is 0 Å². The van der Waals surface area contributed by atoms with Crippen LogP contribution in [0.15, 0.2) is 23.3 Å². The zero-order valence-electron chi connectivity index (χ0n) is 49.8. The lowest BCUT2D eigenvalue weighted by atomic mass is 9.32. The van der Waals surface area contributed by atoms with E-state index in [0.29, 0.717) is 88.8 Å². The SMILES string of the molecule is CC1CCC2(C)C(CCC3(C)C2CC=C2C4CC(C)(C)CC(C)(C)C4(C)CCC23C)C1(C)CO.COCC1(C)C(C)CCC2(C)C1CCC1(C)C2CC=C2C3CC(C)(C)CC(C)(C)C3(C)CCC21C. The monoisotopic (exact) mass is 951 g/mol. The molecule has 10 rings (SSSR count). The predicted molar refractivity (Wildman–Crippen MR) is 294 cm³/mol. The van der Waals surface area contributed by atoms with Crippen LogP contribution in [0, 0.1) is 123 Å². The lowest BCUT2D eigenvalue weighted by molar-refractivity contribution is -0.208. The lowest BCUT2D eigenvalue weighted by Crippen LogP contribution is -2.65. The zero-order valence-corrected chi connectivity index (χ0v) is 49.8. The van der Waals surface area contributed by atoms with Gasteiger partial charge in [-0.15, -0.1) is 0 Å². The second kappa shape index (κ2) is 16.0. The van der Waals surface area contributed by atoms with Gasteiger partial charge in [-0.25, -0.2) is 0 Å². The van der Waals surface area contributed by atoms with Crippen LogP contribution in [-0.2, 0) is 4.74 Å². The van der Waals surface area contributed by atoms with Crippen LogP contribution in [0.5, 0.6) is 0 Å². The van der Waals surface area contributed by atoms with Crippen molar-refractivity contribution in [2.45, 2.75) is 254 Å². The lowest BCUT2D eigenvalue weighted by Gasteiger charge is -2.73. The van der Waals surface area contributed by atoms with Crippen LogP contribution >= 0.6 is 0 Å². The first-order valence-corrected chi connectivity index (χ1v) is 30.0. The minimum atomic E-state index is 0.0851. The average Bonchev–Trinajstić information content (AvgIpc) is 3.23. The Kier molecular flexibility index (Phi) is 12.3. The summed E-state index contributed by atoms with van der Waals surface area (Å²) in [7, 11) is 1.93. The van der Waals surface area contributed by atoms with Crippen molar-refractivity contribution in [2.24, 2.45) is 123 Å². The van der Waals surface area contributed by atoms with E-state index >= 15 is 0 Å². The number of hydrogen-bond donors (Lipinski definition) is 1. The molecule has 8 saturated carbocycles. The van der Waals surface area contributed by atoms with Crippen molar-refractivity contribution in [1.82, 2.24) is 0 Å². The largest absolute Gasteiger partial charge is 0.396 e. The Morgan fingerprint density at radius 3 is 1.22 bits per heavy atom. The average molecular weight is 952 g/mol. The van der Waals surface area contributed by atoms with E-state index in [9.17, 15) is 5.11 Å². The maximum atomic E-state index is 10.6. The minimum absolute atomic E-state index is 0.0851. The minimum Gasteiger partial charge on any atom is -0.396 e. The number of methoxy groups -OCH3 is 1. The van der Waals surface area contributed by atoms with Crippen molar-refractivity contribution in [3.8, 4) is 0 Å². The first-order valence-electron chi connectivity index (χ1n) is 30.0. The number of rotatable bonds is 3. The van der Waals surface area contributed by atoms with Gasteiger partial charge in [-0.05, 0) is 239 Å². The molecule has 69 heavy (non-hydrogen) atoms. The molecule has 2 nitrogen and oxygen atoms in total. The van der Waals surface area contributed by atoms with Gasteiger partial charge < -0.3 is 9.84 Å². The van der Waals surface area contributed by atoms with Crippen molar-refractivity contribution in [3.63, 3.8) is 0 Å². The molecule has 0 heterocycles. The van der Waals surface area contributed by atoms with E-state index in [4.69, 9.17) is 4.74 Å². The quantitative estimate of drug-likeness (QED) is 0.286. The number of fused-ring (bicyclic) bond motifs is 14. The maximum absolute atomic E-state index is 10.6. The van der Waals surface area contributed by atoms with E-state index < -0.39 is 0 Å². The van der Waals surface area contributed by atoms with E-state index in [2.05, 4.69) is 151 Å². The highest BCUT2D eigenvalue weighted by Gasteiger charge is 2.72. The molecule has 0 aliphatic heterocycles. The highest BCUT2D eigenvalue weighted by Crippen LogP contribution is 2.80. The summed E-state index contributed by atoms with van der Waals surface area (Å²) in [5.74, 6) is 5.89. The molecule has 0 aromatic rings. The third-order valence-electron chi connectivity index (χ3n) is 29.5. The molecule has 0 radical (unpaired) electrons. The van der Waals surface area contributed by atoms with E-state index in [1.165, 1.54) is 116 Å². The fourth-order valence-corrected chi connectivity index (χ4v) is 24.2. The van der Waals surface area contributed by atoms with Gasteiger partial charge in [0.15, 0.2) is 0 Å². The van der Waals surface area contributed by atoms with Crippen LogP contribution in [0.25, 0.3) is 0 Å². The van der Waals surface area contributed by atoms with Crippen molar-refractivity contribution >= 4 is 0 Å². The van der Waals surface area contributed by atoms with E-state index in [-0.39, 0.29) is 5.41 Å². The molecule has 18 unspecified atom stereocenters. The van der Waals surface area contributed by atoms with Crippen molar-refractivity contribution in [3.05, 3.63) is 23.3 Å². The Morgan fingerprint density at radius 2 is 0.841 bits per heavy atom. The standard InChI is InChI=1S/C34H58O.C33H56O/c1-23-14-16-30(6)26(31(23,7)22-35-11)15-17-34(10)27(30)13-12-24-25-20-28(2,3)21-29(4,5)32(25,8)18-19-33(24,34)9;1-22-13-15-29(6)25(30(22,7)21-34)14-16-33(10)26(29)12-11-23-24-19-27(2,3)20-28(4,5)31(24,8)17-18-32(23,33)9/h12,23,25-27H,13-22H2,1-11H3;11,22,24-26,34H,12-21H2,1-10H3. The molecule has 10 aliphatic rings. The summed E-state index contributed by atoms with van der Waals surface area (Å²) in [5, 5.41) is 10.6. The Balaban J connectivity index is 0.000000172. The molecule has 394 valence electrons. The van der Waals surface area contributed by atoms with Crippen LogP contribution in [-0.4, -0.2) is 25.4 Å². The molecule has 0 aromatic heterocycles. The fourth-order valence-electron chi connectivity index (χ4n) is 24.2.